The average Bonchev–Trinajstić information content (AvgIpc) is 3.73. The van der Waals surface area contributed by atoms with E-state index >= 15 is 0 Å². The molecule has 0 bridgehead atoms. The summed E-state index contributed by atoms with van der Waals surface area (Å²) in [5, 5.41) is 4.65. The first kappa shape index (κ1) is 29.9. The topological polar surface area (TPSA) is 44.6 Å². The number of piperazine rings is 1. The number of nitrogens with zero attached hydrogens (tertiary/aromatic N) is 5. The molecule has 0 radical (unpaired) electrons. The maximum absolute atomic E-state index is 14.2. The number of hydrogen-bond acceptors (Lipinski definition) is 4. The third kappa shape index (κ3) is 6.25. The molecular formula is C29H30F7N5O. The Bertz CT molecular complexity index is 1420. The molecule has 2 aromatic carbocycles. The number of carbonyl (C=O) groups is 1. The Morgan fingerprint density at radius 1 is 0.952 bits per heavy atom. The minimum atomic E-state index is -5.07. The van der Waals surface area contributed by atoms with Crippen molar-refractivity contribution in [2.45, 2.75) is 51.6 Å². The Labute approximate surface area is 238 Å². The van der Waals surface area contributed by atoms with Gasteiger partial charge in [-0.25, -0.2) is 9.07 Å². The minimum absolute atomic E-state index is 0.0134. The lowest BCUT2D eigenvalue weighted by molar-refractivity contribution is -0.143. The van der Waals surface area contributed by atoms with E-state index in [4.69, 9.17) is 0 Å². The van der Waals surface area contributed by atoms with Crippen molar-refractivity contribution in [2.24, 2.45) is 0 Å². The molecule has 0 N–H and O–H groups in total. The SMILES string of the molecule is CCN1CCN(c2c(CN(C(=O)c3cc(C(F)(F)F)cc(C(F)(F)F)c3)C3CC3)c(C)nn2-c2cccc(F)c2)CC1. The maximum Gasteiger partial charge on any atom is 0.416 e. The number of aromatic nitrogens is 2. The summed E-state index contributed by atoms with van der Waals surface area (Å²) in [5.74, 6) is -0.773. The van der Waals surface area contributed by atoms with Crippen LogP contribution in [0.1, 0.15) is 52.5 Å². The fraction of sp³-hybridized carbons (Fsp3) is 0.448. The van der Waals surface area contributed by atoms with Crippen LogP contribution in [0.2, 0.25) is 0 Å². The fourth-order valence-electron chi connectivity index (χ4n) is 5.29. The lowest BCUT2D eigenvalue weighted by Crippen LogP contribution is -2.47. The van der Waals surface area contributed by atoms with Gasteiger partial charge in [0, 0.05) is 43.3 Å². The molecule has 2 aliphatic rings. The quantitative estimate of drug-likeness (QED) is 0.300. The Morgan fingerprint density at radius 2 is 1.57 bits per heavy atom. The number of anilines is 1. The molecule has 1 aliphatic heterocycles. The summed E-state index contributed by atoms with van der Waals surface area (Å²) in [6, 6.07) is 6.48. The predicted octanol–water partition coefficient (Wildman–Crippen LogP) is 6.30. The molecule has 226 valence electrons. The number of amides is 1. The van der Waals surface area contributed by atoms with Gasteiger partial charge in [-0.15, -0.1) is 0 Å². The molecule has 3 aromatic rings. The van der Waals surface area contributed by atoms with Gasteiger partial charge in [-0.05, 0) is 62.7 Å². The number of hydrogen-bond donors (Lipinski definition) is 0. The minimum Gasteiger partial charge on any atom is -0.354 e. The molecule has 1 aromatic heterocycles. The van der Waals surface area contributed by atoms with Crippen molar-refractivity contribution in [3.05, 3.63) is 76.2 Å². The lowest BCUT2D eigenvalue weighted by Gasteiger charge is -2.36. The summed E-state index contributed by atoms with van der Waals surface area (Å²) in [7, 11) is 0. The van der Waals surface area contributed by atoms with Crippen molar-refractivity contribution in [2.75, 3.05) is 37.6 Å². The number of carbonyl (C=O) groups excluding carboxylic acids is 1. The first-order valence-electron chi connectivity index (χ1n) is 13.7. The highest BCUT2D eigenvalue weighted by atomic mass is 19.4. The fourth-order valence-corrected chi connectivity index (χ4v) is 5.29. The molecule has 6 nitrogen and oxygen atoms in total. The Kier molecular flexibility index (Phi) is 7.99. The molecule has 2 fully saturated rings. The summed E-state index contributed by atoms with van der Waals surface area (Å²) in [6.45, 7) is 7.29. The van der Waals surface area contributed by atoms with Crippen LogP contribution in [-0.2, 0) is 18.9 Å². The third-order valence-corrected chi connectivity index (χ3v) is 7.74. The monoisotopic (exact) mass is 597 g/mol. The molecule has 13 heteroatoms. The van der Waals surface area contributed by atoms with Gasteiger partial charge in [0.1, 0.15) is 11.6 Å². The largest absolute Gasteiger partial charge is 0.416 e. The van der Waals surface area contributed by atoms with E-state index in [-0.39, 0.29) is 18.7 Å². The van der Waals surface area contributed by atoms with Crippen molar-refractivity contribution >= 4 is 11.7 Å². The summed E-state index contributed by atoms with van der Waals surface area (Å²) in [5.41, 5.74) is -2.19. The van der Waals surface area contributed by atoms with Gasteiger partial charge in [0.2, 0.25) is 0 Å². The Balaban J connectivity index is 1.57. The van der Waals surface area contributed by atoms with Crippen LogP contribution in [0.15, 0.2) is 42.5 Å². The summed E-state index contributed by atoms with van der Waals surface area (Å²) in [4.78, 5) is 19.4. The summed E-state index contributed by atoms with van der Waals surface area (Å²) >= 11 is 0. The van der Waals surface area contributed by atoms with Gasteiger partial charge in [0.05, 0.1) is 29.1 Å². The van der Waals surface area contributed by atoms with Crippen LogP contribution in [0.4, 0.5) is 36.6 Å². The molecular weight excluding hydrogens is 567 g/mol. The zero-order chi connectivity index (χ0) is 30.4. The Hall–Kier alpha value is -3.61. The van der Waals surface area contributed by atoms with Gasteiger partial charge in [-0.2, -0.15) is 31.4 Å². The van der Waals surface area contributed by atoms with Gasteiger partial charge >= 0.3 is 12.4 Å². The molecule has 0 spiro atoms. The normalized spacial score (nSPS) is 16.6. The van der Waals surface area contributed by atoms with Gasteiger partial charge in [0.25, 0.3) is 5.91 Å². The first-order valence-corrected chi connectivity index (χ1v) is 13.7. The van der Waals surface area contributed by atoms with E-state index in [1.54, 1.807) is 23.7 Å². The third-order valence-electron chi connectivity index (χ3n) is 7.74. The molecule has 1 amide bonds. The highest BCUT2D eigenvalue weighted by molar-refractivity contribution is 5.95. The molecule has 5 rings (SSSR count). The molecule has 2 heterocycles. The first-order chi connectivity index (χ1) is 19.8. The molecule has 1 saturated carbocycles. The van der Waals surface area contributed by atoms with E-state index < -0.39 is 40.8 Å². The highest BCUT2D eigenvalue weighted by Crippen LogP contribution is 2.39. The van der Waals surface area contributed by atoms with E-state index in [0.717, 1.165) is 19.6 Å². The van der Waals surface area contributed by atoms with Crippen LogP contribution >= 0.6 is 0 Å². The second-order valence-corrected chi connectivity index (χ2v) is 10.7. The van der Waals surface area contributed by atoms with E-state index in [9.17, 15) is 35.5 Å². The van der Waals surface area contributed by atoms with Gasteiger partial charge in [0.15, 0.2) is 0 Å². The van der Waals surface area contributed by atoms with Crippen molar-refractivity contribution in [3.8, 4) is 5.69 Å². The molecule has 1 saturated heterocycles. The van der Waals surface area contributed by atoms with E-state index in [2.05, 4.69) is 21.8 Å². The van der Waals surface area contributed by atoms with Crippen LogP contribution in [0.3, 0.4) is 0 Å². The van der Waals surface area contributed by atoms with Crippen LogP contribution in [0, 0.1) is 12.7 Å². The number of alkyl halides is 6. The maximum atomic E-state index is 14.2. The zero-order valence-corrected chi connectivity index (χ0v) is 23.1. The van der Waals surface area contributed by atoms with E-state index in [0.29, 0.717) is 60.8 Å². The van der Waals surface area contributed by atoms with Crippen LogP contribution in [-0.4, -0.2) is 64.3 Å². The van der Waals surface area contributed by atoms with Crippen LogP contribution < -0.4 is 4.90 Å². The van der Waals surface area contributed by atoms with Gasteiger partial charge in [-0.3, -0.25) is 4.79 Å². The van der Waals surface area contributed by atoms with Crippen LogP contribution in [0.25, 0.3) is 5.69 Å². The van der Waals surface area contributed by atoms with Crippen molar-refractivity contribution in [1.82, 2.24) is 19.6 Å². The predicted molar refractivity (Wildman–Crippen MR) is 142 cm³/mol. The second kappa shape index (κ2) is 11.2. The van der Waals surface area contributed by atoms with Crippen LogP contribution in [0.5, 0.6) is 0 Å². The highest BCUT2D eigenvalue weighted by Gasteiger charge is 2.40. The van der Waals surface area contributed by atoms with Crippen molar-refractivity contribution < 1.29 is 35.5 Å². The zero-order valence-electron chi connectivity index (χ0n) is 23.1. The molecule has 0 atom stereocenters. The number of benzene rings is 2. The average molecular weight is 598 g/mol. The van der Waals surface area contributed by atoms with Crippen molar-refractivity contribution in [3.63, 3.8) is 0 Å². The number of likely N-dealkylation sites (N-methyl/N-ethyl adjacent to an activating group) is 1. The van der Waals surface area contributed by atoms with Gasteiger partial charge < -0.3 is 14.7 Å². The molecule has 1 aliphatic carbocycles. The number of aryl methyl sites for hydroxylation is 1. The smallest absolute Gasteiger partial charge is 0.354 e. The standard InChI is InChI=1S/C29H30F7N5O/c1-3-38-9-11-39(12-10-38)26-25(18(2)37-41(26)24-6-4-5-22(30)16-24)17-40(23-7-8-23)27(42)19-13-20(28(31,32)33)15-21(14-19)29(34,35)36/h4-6,13-16,23H,3,7-12,17H2,1-2H3. The number of halogens is 7. The summed E-state index contributed by atoms with van der Waals surface area (Å²) < 4.78 is 97.0. The lowest BCUT2D eigenvalue weighted by atomic mass is 10.0. The Morgan fingerprint density at radius 3 is 2.10 bits per heavy atom. The second-order valence-electron chi connectivity index (χ2n) is 10.7. The van der Waals surface area contributed by atoms with E-state index in [1.165, 1.54) is 17.0 Å². The summed E-state index contributed by atoms with van der Waals surface area (Å²) in [6.07, 6.45) is -9.01. The van der Waals surface area contributed by atoms with Gasteiger partial charge in [-0.1, -0.05) is 13.0 Å². The molecule has 42 heavy (non-hydrogen) atoms. The van der Waals surface area contributed by atoms with Crippen molar-refractivity contribution in [1.29, 1.82) is 0 Å². The molecule has 0 unspecified atom stereocenters. The number of rotatable bonds is 7. The van der Waals surface area contributed by atoms with E-state index in [1.807, 2.05) is 0 Å².